The van der Waals surface area contributed by atoms with Crippen LogP contribution in [0, 0.1) is 0 Å². The van der Waals surface area contributed by atoms with Crippen molar-refractivity contribution >= 4 is 22.1 Å². The average molecular weight is 685 g/mol. The van der Waals surface area contributed by atoms with Gasteiger partial charge in [0, 0.05) is 0 Å². The zero-order chi connectivity index (χ0) is 33.7. The first kappa shape index (κ1) is 45.6. The predicted octanol–water partition coefficient (Wildman–Crippen LogP) is 7.64. The summed E-state index contributed by atoms with van der Waals surface area (Å²) in [5.74, 6) is -1.57. The molecule has 0 spiro atoms. The molecule has 0 aromatic heterocycles. The van der Waals surface area contributed by atoms with Crippen molar-refractivity contribution in [3.05, 3.63) is 53.6 Å². The number of hydrogen-bond acceptors (Lipinski definition) is 7. The molecule has 0 aliphatic heterocycles. The van der Waals surface area contributed by atoms with Crippen molar-refractivity contribution < 1.29 is 61.6 Å². The van der Waals surface area contributed by atoms with Crippen LogP contribution >= 0.6 is 0 Å². The number of rotatable bonds is 29. The summed E-state index contributed by atoms with van der Waals surface area (Å²) in [4.78, 5) is 25.0. The van der Waals surface area contributed by atoms with Gasteiger partial charge in [-0.25, -0.2) is 18.0 Å². The van der Waals surface area contributed by atoms with Crippen molar-refractivity contribution in [3.8, 4) is 0 Å². The minimum absolute atomic E-state index is 0. The number of benzene rings is 1. The van der Waals surface area contributed by atoms with E-state index in [-0.39, 0.29) is 53.9 Å². The van der Waals surface area contributed by atoms with Crippen molar-refractivity contribution in [3.63, 3.8) is 0 Å². The first-order valence-corrected chi connectivity index (χ1v) is 19.5. The Morgan fingerprint density at radius 2 is 0.936 bits per heavy atom. The first-order chi connectivity index (χ1) is 22.3. The number of allylic oxidation sites excluding steroid dienone is 4. The summed E-state index contributed by atoms with van der Waals surface area (Å²) in [6, 6.07) is 3.09. The molecular weight excluding hydrogens is 623 g/mol. The molecule has 0 aliphatic carbocycles. The molecule has 0 atom stereocenters. The zero-order valence-electron chi connectivity index (χ0n) is 29.8. The van der Waals surface area contributed by atoms with E-state index < -0.39 is 27.0 Å². The Balaban J connectivity index is 0.0000212. The minimum Gasteiger partial charge on any atom is -0.744 e. The Hall–Kier alpha value is -1.45. The van der Waals surface area contributed by atoms with Crippen LogP contribution in [0.2, 0.25) is 0 Å². The fraction of sp³-hybridized carbons (Fsp3) is 0.684. The van der Waals surface area contributed by atoms with E-state index in [1.54, 1.807) is 0 Å². The number of ether oxygens (including phenoxy) is 2. The third-order valence-electron chi connectivity index (χ3n) is 8.00. The van der Waals surface area contributed by atoms with E-state index in [0.29, 0.717) is 12.8 Å². The molecule has 9 heteroatoms. The topological polar surface area (TPSA) is 110 Å². The Kier molecular flexibility index (Phi) is 29.7. The molecular formula is C38H61NaO7S. The van der Waals surface area contributed by atoms with E-state index >= 15 is 0 Å². The Labute approximate surface area is 308 Å². The molecule has 0 radical (unpaired) electrons. The molecule has 0 unspecified atom stereocenters. The number of hydrogen-bond donors (Lipinski definition) is 0. The second kappa shape index (κ2) is 30.6. The van der Waals surface area contributed by atoms with Crippen molar-refractivity contribution in [2.45, 2.75) is 160 Å². The number of esters is 2. The predicted molar refractivity (Wildman–Crippen MR) is 186 cm³/mol. The van der Waals surface area contributed by atoms with Crippen LogP contribution in [0.25, 0.3) is 0 Å². The molecule has 47 heavy (non-hydrogen) atoms. The molecule has 0 amide bonds. The van der Waals surface area contributed by atoms with Gasteiger partial charge in [-0.15, -0.1) is 0 Å². The van der Waals surface area contributed by atoms with Gasteiger partial charge in [0.1, 0.15) is 10.1 Å². The normalized spacial score (nSPS) is 11.6. The van der Waals surface area contributed by atoms with E-state index in [1.165, 1.54) is 51.4 Å². The van der Waals surface area contributed by atoms with Gasteiger partial charge in [0.2, 0.25) is 0 Å². The van der Waals surface area contributed by atoms with Crippen LogP contribution in [0.15, 0.2) is 47.4 Å². The van der Waals surface area contributed by atoms with Gasteiger partial charge in [0.05, 0.1) is 29.2 Å². The second-order valence-electron chi connectivity index (χ2n) is 12.2. The summed E-state index contributed by atoms with van der Waals surface area (Å²) < 4.78 is 45.5. The van der Waals surface area contributed by atoms with E-state index in [9.17, 15) is 22.6 Å². The fourth-order valence-corrected chi connectivity index (χ4v) is 5.65. The zero-order valence-corrected chi connectivity index (χ0v) is 32.6. The SMILES string of the molecule is CCCCCC/C=C/CCCCCCCOC(=O)c1ccc(S(=O)(=O)[O-])cc1C(=O)OCCCCCCC/C=C/CCCCCC.[Na+]. The first-order valence-electron chi connectivity index (χ1n) is 18.0. The molecule has 262 valence electrons. The summed E-state index contributed by atoms with van der Waals surface area (Å²) in [5, 5.41) is 0. The number of carbonyl (C=O) groups excluding carboxylic acids is 2. The summed E-state index contributed by atoms with van der Waals surface area (Å²) in [6.07, 6.45) is 33.6. The van der Waals surface area contributed by atoms with Gasteiger partial charge in [-0.1, -0.05) is 115 Å². The van der Waals surface area contributed by atoms with Crippen molar-refractivity contribution in [2.75, 3.05) is 13.2 Å². The summed E-state index contributed by atoms with van der Waals surface area (Å²) >= 11 is 0. The van der Waals surface area contributed by atoms with E-state index in [4.69, 9.17) is 9.47 Å². The minimum atomic E-state index is -4.81. The molecule has 0 heterocycles. The maximum Gasteiger partial charge on any atom is 1.00 e. The molecule has 1 aromatic rings. The molecule has 0 N–H and O–H groups in total. The van der Waals surface area contributed by atoms with Crippen LogP contribution in [0.4, 0.5) is 0 Å². The smallest absolute Gasteiger partial charge is 0.744 e. The van der Waals surface area contributed by atoms with Crippen LogP contribution in [0.3, 0.4) is 0 Å². The standard InChI is InChI=1S/C38H62O7S.Na/c1-3-5-7-9-11-13-15-17-19-21-23-25-27-31-44-37(39)35-30-29-34(46(41,42)43)33-36(35)38(40)45-32-28-26-24-22-20-18-16-14-12-10-8-6-4-2;/h13-16,29-30,33H,3-12,17-28,31-32H2,1-2H3,(H,41,42,43);/q;+1/p-1/b15-13+,16-14+;. The molecule has 7 nitrogen and oxygen atoms in total. The molecule has 0 saturated carbocycles. The second-order valence-corrected chi connectivity index (χ2v) is 13.6. The van der Waals surface area contributed by atoms with Gasteiger partial charge in [0.25, 0.3) is 0 Å². The monoisotopic (exact) mass is 684 g/mol. The third-order valence-corrected chi connectivity index (χ3v) is 8.83. The van der Waals surface area contributed by atoms with Crippen molar-refractivity contribution in [2.24, 2.45) is 0 Å². The fourth-order valence-electron chi connectivity index (χ4n) is 5.15. The van der Waals surface area contributed by atoms with E-state index in [2.05, 4.69) is 38.2 Å². The Morgan fingerprint density at radius 3 is 1.34 bits per heavy atom. The van der Waals surface area contributed by atoms with Crippen molar-refractivity contribution in [1.29, 1.82) is 0 Å². The van der Waals surface area contributed by atoms with Gasteiger partial charge in [0.15, 0.2) is 0 Å². The van der Waals surface area contributed by atoms with Gasteiger partial charge in [-0.05, 0) is 82.4 Å². The van der Waals surface area contributed by atoms with Crippen LogP contribution < -0.4 is 29.6 Å². The van der Waals surface area contributed by atoms with Crippen molar-refractivity contribution in [1.82, 2.24) is 0 Å². The van der Waals surface area contributed by atoms with Gasteiger partial charge >= 0.3 is 41.5 Å². The van der Waals surface area contributed by atoms with Gasteiger partial charge in [-0.2, -0.15) is 0 Å². The number of carbonyl (C=O) groups is 2. The van der Waals surface area contributed by atoms with Crippen LogP contribution in [0.5, 0.6) is 0 Å². The Bertz CT molecular complexity index is 1120. The molecule has 0 fully saturated rings. The Morgan fingerprint density at radius 1 is 0.574 bits per heavy atom. The molecule has 1 aromatic carbocycles. The quantitative estimate of drug-likeness (QED) is 0.0280. The third kappa shape index (κ3) is 24.4. The van der Waals surface area contributed by atoms with E-state index in [0.717, 1.165) is 95.2 Å². The molecule has 0 aliphatic rings. The van der Waals surface area contributed by atoms with Gasteiger partial charge < -0.3 is 14.0 Å². The maximum atomic E-state index is 12.8. The van der Waals surface area contributed by atoms with Crippen LogP contribution in [-0.2, 0) is 19.6 Å². The largest absolute Gasteiger partial charge is 1.00 e. The summed E-state index contributed by atoms with van der Waals surface area (Å²) in [7, 11) is -4.81. The van der Waals surface area contributed by atoms with Crippen LogP contribution in [-0.4, -0.2) is 38.1 Å². The summed E-state index contributed by atoms with van der Waals surface area (Å²) in [6.45, 7) is 4.79. The molecule has 0 saturated heterocycles. The van der Waals surface area contributed by atoms with E-state index in [1.807, 2.05) is 0 Å². The summed E-state index contributed by atoms with van der Waals surface area (Å²) in [5.41, 5.74) is -0.362. The maximum absolute atomic E-state index is 12.8. The average Bonchev–Trinajstić information content (AvgIpc) is 3.04. The van der Waals surface area contributed by atoms with Gasteiger partial charge in [-0.3, -0.25) is 0 Å². The molecule has 0 bridgehead atoms. The molecule has 1 rings (SSSR count). The van der Waals surface area contributed by atoms with Crippen LogP contribution in [0.1, 0.15) is 176 Å². The number of unbranched alkanes of at least 4 members (excludes halogenated alkanes) is 18.